The molecule has 1 aliphatic rings. The number of aromatic nitrogens is 2. The summed E-state index contributed by atoms with van der Waals surface area (Å²) in [7, 11) is 1.56. The van der Waals surface area contributed by atoms with Crippen LogP contribution in [0, 0.1) is 0 Å². The fourth-order valence-electron chi connectivity index (χ4n) is 3.25. The van der Waals surface area contributed by atoms with E-state index in [1.807, 2.05) is 40.7 Å². The molecular formula is C22H31N3O4. The third kappa shape index (κ3) is 5.37. The predicted octanol–water partition coefficient (Wildman–Crippen LogP) is 4.06. The van der Waals surface area contributed by atoms with Crippen LogP contribution in [0.3, 0.4) is 0 Å². The van der Waals surface area contributed by atoms with Crippen molar-refractivity contribution in [2.75, 3.05) is 13.7 Å². The number of benzene rings is 1. The summed E-state index contributed by atoms with van der Waals surface area (Å²) in [4.78, 5) is 27.1. The summed E-state index contributed by atoms with van der Waals surface area (Å²) in [6, 6.07) is 4.73. The number of aromatic amines is 1. The van der Waals surface area contributed by atoms with Crippen molar-refractivity contribution in [3.8, 4) is 16.9 Å². The van der Waals surface area contributed by atoms with Crippen LogP contribution < -0.4 is 4.74 Å². The van der Waals surface area contributed by atoms with Gasteiger partial charge in [0.15, 0.2) is 0 Å². The maximum Gasteiger partial charge on any atom is 0.329 e. The highest BCUT2D eigenvalue weighted by Crippen LogP contribution is 2.31. The number of carbonyl (C=O) groups is 2. The largest absolute Gasteiger partial charge is 0.496 e. The number of hydrogen-bond acceptors (Lipinski definition) is 5. The van der Waals surface area contributed by atoms with Gasteiger partial charge >= 0.3 is 5.97 Å². The monoisotopic (exact) mass is 401 g/mol. The standard InChI is InChI=1S/C20H25N3O4.C2H6/c1-20(2,3)27-19(25)16-6-5-9-23(16)18(24)13-7-8-15(17(10-13)26-4)14-11-21-22-12-14;1-2/h7-8,10-12,16H,5-6,9H2,1-4H3,(H,21,22);1-2H3. The third-order valence-electron chi connectivity index (χ3n) is 4.45. The lowest BCUT2D eigenvalue weighted by Gasteiger charge is -2.27. The zero-order valence-corrected chi connectivity index (χ0v) is 18.1. The molecule has 3 rings (SSSR count). The molecule has 1 N–H and O–H groups in total. The Labute approximate surface area is 172 Å². The Morgan fingerprint density at radius 1 is 1.24 bits per heavy atom. The lowest BCUT2D eigenvalue weighted by Crippen LogP contribution is -2.43. The van der Waals surface area contributed by atoms with E-state index in [0.29, 0.717) is 24.3 Å². The average molecular weight is 402 g/mol. The average Bonchev–Trinajstić information content (AvgIpc) is 3.39. The number of amides is 1. The highest BCUT2D eigenvalue weighted by Gasteiger charge is 2.37. The van der Waals surface area contributed by atoms with Crippen molar-refractivity contribution in [3.05, 3.63) is 36.2 Å². The second-order valence-electron chi connectivity index (χ2n) is 7.59. The second-order valence-corrected chi connectivity index (χ2v) is 7.59. The van der Waals surface area contributed by atoms with E-state index in [2.05, 4.69) is 10.2 Å². The molecule has 1 aliphatic heterocycles. The normalized spacial score (nSPS) is 16.1. The summed E-state index contributed by atoms with van der Waals surface area (Å²) in [5.74, 6) is 0.0333. The minimum atomic E-state index is -0.580. The van der Waals surface area contributed by atoms with Gasteiger partial charge in [0.25, 0.3) is 5.91 Å². The zero-order chi connectivity index (χ0) is 21.6. The molecule has 2 heterocycles. The van der Waals surface area contributed by atoms with Crippen molar-refractivity contribution < 1.29 is 19.1 Å². The molecule has 0 spiro atoms. The Kier molecular flexibility index (Phi) is 7.42. The smallest absolute Gasteiger partial charge is 0.329 e. The molecule has 1 saturated heterocycles. The Morgan fingerprint density at radius 3 is 2.55 bits per heavy atom. The Morgan fingerprint density at radius 2 is 1.97 bits per heavy atom. The first-order valence-electron chi connectivity index (χ1n) is 10.0. The number of likely N-dealkylation sites (tertiary alicyclic amines) is 1. The Balaban J connectivity index is 0.00000145. The SMILES string of the molecule is CC.COc1cc(C(=O)N2CCCC2C(=O)OC(C)(C)C)ccc1-c1cn[nH]c1. The summed E-state index contributed by atoms with van der Waals surface area (Å²) in [6.45, 7) is 10.0. The minimum absolute atomic E-state index is 0.194. The van der Waals surface area contributed by atoms with Crippen LogP contribution >= 0.6 is 0 Å². The molecule has 1 amide bonds. The first kappa shape index (κ1) is 22.5. The van der Waals surface area contributed by atoms with Gasteiger partial charge < -0.3 is 14.4 Å². The third-order valence-corrected chi connectivity index (χ3v) is 4.45. The molecule has 0 bridgehead atoms. The topological polar surface area (TPSA) is 84.5 Å². The van der Waals surface area contributed by atoms with Crippen LogP contribution in [0.4, 0.5) is 0 Å². The molecule has 7 heteroatoms. The number of nitrogens with one attached hydrogen (secondary N) is 1. The van der Waals surface area contributed by atoms with Crippen molar-refractivity contribution in [1.82, 2.24) is 15.1 Å². The van der Waals surface area contributed by atoms with Gasteiger partial charge in [0.05, 0.1) is 13.3 Å². The van der Waals surface area contributed by atoms with Gasteiger partial charge in [-0.25, -0.2) is 4.79 Å². The van der Waals surface area contributed by atoms with E-state index in [0.717, 1.165) is 17.5 Å². The number of ether oxygens (including phenoxy) is 2. The first-order chi connectivity index (χ1) is 13.8. The molecule has 1 unspecified atom stereocenters. The van der Waals surface area contributed by atoms with E-state index >= 15 is 0 Å². The van der Waals surface area contributed by atoms with Crippen LogP contribution in [0.15, 0.2) is 30.6 Å². The molecule has 1 aromatic carbocycles. The summed E-state index contributed by atoms with van der Waals surface area (Å²) in [5.41, 5.74) is 1.62. The van der Waals surface area contributed by atoms with E-state index < -0.39 is 11.6 Å². The molecule has 1 fully saturated rings. The van der Waals surface area contributed by atoms with Crippen molar-refractivity contribution in [1.29, 1.82) is 0 Å². The van der Waals surface area contributed by atoms with Crippen molar-refractivity contribution in [3.63, 3.8) is 0 Å². The summed E-state index contributed by atoms with van der Waals surface area (Å²) in [6.07, 6.45) is 4.85. The van der Waals surface area contributed by atoms with E-state index in [4.69, 9.17) is 9.47 Å². The molecule has 1 aromatic heterocycles. The predicted molar refractivity (Wildman–Crippen MR) is 112 cm³/mol. The molecular weight excluding hydrogens is 370 g/mol. The van der Waals surface area contributed by atoms with Crippen LogP contribution in [0.5, 0.6) is 5.75 Å². The molecule has 2 aromatic rings. The van der Waals surface area contributed by atoms with Crippen LogP contribution in [0.25, 0.3) is 11.1 Å². The van der Waals surface area contributed by atoms with Crippen molar-refractivity contribution in [2.24, 2.45) is 0 Å². The highest BCUT2D eigenvalue weighted by atomic mass is 16.6. The van der Waals surface area contributed by atoms with Crippen molar-refractivity contribution >= 4 is 11.9 Å². The van der Waals surface area contributed by atoms with E-state index in [1.54, 1.807) is 36.5 Å². The fraction of sp³-hybridized carbons (Fsp3) is 0.500. The van der Waals surface area contributed by atoms with Crippen LogP contribution in [0.2, 0.25) is 0 Å². The van der Waals surface area contributed by atoms with Crippen LogP contribution in [0.1, 0.15) is 57.8 Å². The molecule has 0 aliphatic carbocycles. The number of methoxy groups -OCH3 is 1. The maximum atomic E-state index is 13.0. The zero-order valence-electron chi connectivity index (χ0n) is 18.1. The van der Waals surface area contributed by atoms with Gasteiger partial charge in [-0.15, -0.1) is 0 Å². The van der Waals surface area contributed by atoms with Gasteiger partial charge in [0.2, 0.25) is 0 Å². The van der Waals surface area contributed by atoms with E-state index in [9.17, 15) is 9.59 Å². The lowest BCUT2D eigenvalue weighted by molar-refractivity contribution is -0.159. The van der Waals surface area contributed by atoms with Gasteiger partial charge in [-0.3, -0.25) is 9.89 Å². The number of nitrogens with zero attached hydrogens (tertiary/aromatic N) is 2. The van der Waals surface area contributed by atoms with E-state index in [1.165, 1.54) is 0 Å². The van der Waals surface area contributed by atoms with Gasteiger partial charge in [-0.05, 0) is 51.8 Å². The van der Waals surface area contributed by atoms with Crippen LogP contribution in [-0.2, 0) is 9.53 Å². The first-order valence-corrected chi connectivity index (χ1v) is 10.0. The number of rotatable bonds is 4. The number of esters is 1. The second kappa shape index (κ2) is 9.58. The van der Waals surface area contributed by atoms with Gasteiger partial charge in [0.1, 0.15) is 17.4 Å². The number of carbonyl (C=O) groups excluding carboxylic acids is 2. The molecule has 29 heavy (non-hydrogen) atoms. The fourth-order valence-corrected chi connectivity index (χ4v) is 3.25. The molecule has 0 saturated carbocycles. The summed E-state index contributed by atoms with van der Waals surface area (Å²) >= 11 is 0. The molecule has 1 atom stereocenters. The highest BCUT2D eigenvalue weighted by molar-refractivity contribution is 5.98. The molecule has 158 valence electrons. The van der Waals surface area contributed by atoms with E-state index in [-0.39, 0.29) is 11.9 Å². The summed E-state index contributed by atoms with van der Waals surface area (Å²) < 4.78 is 10.9. The van der Waals surface area contributed by atoms with Crippen LogP contribution in [-0.4, -0.2) is 52.3 Å². The number of hydrogen-bond donors (Lipinski definition) is 1. The summed E-state index contributed by atoms with van der Waals surface area (Å²) in [5, 5.41) is 6.71. The van der Waals surface area contributed by atoms with Crippen molar-refractivity contribution in [2.45, 2.75) is 59.1 Å². The number of H-pyrrole nitrogens is 1. The van der Waals surface area contributed by atoms with Gasteiger partial charge in [0, 0.05) is 29.4 Å². The Hall–Kier alpha value is -2.83. The Bertz CT molecular complexity index is 825. The quantitative estimate of drug-likeness (QED) is 0.781. The lowest BCUT2D eigenvalue weighted by atomic mass is 10.0. The molecule has 0 radical (unpaired) electrons. The molecule has 7 nitrogen and oxygen atoms in total. The minimum Gasteiger partial charge on any atom is -0.496 e. The van der Waals surface area contributed by atoms with Gasteiger partial charge in [-0.1, -0.05) is 13.8 Å². The maximum absolute atomic E-state index is 13.0. The van der Waals surface area contributed by atoms with Gasteiger partial charge in [-0.2, -0.15) is 5.10 Å².